The van der Waals surface area contributed by atoms with E-state index in [1.165, 1.54) is 25.1 Å². The third kappa shape index (κ3) is 4.62. The molecule has 22 heavy (non-hydrogen) atoms. The molecule has 1 aliphatic carbocycles. The molecule has 126 valence electrons. The monoisotopic (exact) mass is 330 g/mol. The van der Waals surface area contributed by atoms with Gasteiger partial charge in [0.05, 0.1) is 5.75 Å². The molecule has 5 nitrogen and oxygen atoms in total. The first-order valence-corrected chi connectivity index (χ1v) is 9.06. The Hall–Kier alpha value is -0.750. The summed E-state index contributed by atoms with van der Waals surface area (Å²) in [6, 6.07) is 0. The molecule has 1 saturated carbocycles. The molecule has 5 atom stereocenters. The van der Waals surface area contributed by atoms with Gasteiger partial charge < -0.3 is 14.2 Å². The summed E-state index contributed by atoms with van der Waals surface area (Å²) in [6.45, 7) is 7.89. The van der Waals surface area contributed by atoms with E-state index >= 15 is 0 Å². The van der Waals surface area contributed by atoms with Crippen molar-refractivity contribution in [2.45, 2.75) is 64.8 Å². The predicted molar refractivity (Wildman–Crippen MR) is 84.1 cm³/mol. The Morgan fingerprint density at radius 3 is 2.59 bits per heavy atom. The van der Waals surface area contributed by atoms with Gasteiger partial charge >= 0.3 is 11.9 Å². The fourth-order valence-electron chi connectivity index (χ4n) is 3.21. The van der Waals surface area contributed by atoms with Gasteiger partial charge in [-0.15, -0.1) is 11.8 Å². The van der Waals surface area contributed by atoms with Crippen LogP contribution >= 0.6 is 11.8 Å². The average molecular weight is 330 g/mol. The second-order valence-electron chi connectivity index (χ2n) is 6.64. The first kappa shape index (κ1) is 17.6. The number of thioether (sulfide) groups is 1. The quantitative estimate of drug-likeness (QED) is 0.739. The fourth-order valence-corrected chi connectivity index (χ4v) is 4.08. The van der Waals surface area contributed by atoms with Gasteiger partial charge in [-0.25, -0.2) is 4.79 Å². The van der Waals surface area contributed by atoms with E-state index in [9.17, 15) is 9.59 Å². The molecular formula is C16H26O5S. The van der Waals surface area contributed by atoms with Crippen LogP contribution in [0.25, 0.3) is 0 Å². The van der Waals surface area contributed by atoms with Crippen molar-refractivity contribution in [3.63, 3.8) is 0 Å². The van der Waals surface area contributed by atoms with Gasteiger partial charge in [-0.3, -0.25) is 4.79 Å². The van der Waals surface area contributed by atoms with Crippen LogP contribution in [0.15, 0.2) is 0 Å². The maximum Gasteiger partial charge on any atom is 0.346 e. The summed E-state index contributed by atoms with van der Waals surface area (Å²) in [5, 5.41) is 0. The molecule has 0 radical (unpaired) electrons. The molecule has 1 aliphatic heterocycles. The molecule has 1 saturated heterocycles. The third-order valence-electron chi connectivity index (χ3n) is 4.38. The molecule has 0 bridgehead atoms. The van der Waals surface area contributed by atoms with Crippen molar-refractivity contribution in [2.75, 3.05) is 5.75 Å². The van der Waals surface area contributed by atoms with Gasteiger partial charge in [-0.1, -0.05) is 27.2 Å². The normalized spacial score (nSPS) is 35.4. The number of hydrogen-bond donors (Lipinski definition) is 0. The van der Waals surface area contributed by atoms with Crippen LogP contribution in [0.5, 0.6) is 0 Å². The highest BCUT2D eigenvalue weighted by Crippen LogP contribution is 2.36. The van der Waals surface area contributed by atoms with E-state index in [0.717, 1.165) is 12.8 Å². The Labute approximate surface area is 136 Å². The fraction of sp³-hybridized carbons (Fsp3) is 0.875. The molecule has 1 heterocycles. The van der Waals surface area contributed by atoms with E-state index < -0.39 is 17.7 Å². The summed E-state index contributed by atoms with van der Waals surface area (Å²) in [4.78, 5) is 23.2. The highest BCUT2D eigenvalue weighted by molar-refractivity contribution is 8.00. The summed E-state index contributed by atoms with van der Waals surface area (Å²) >= 11 is 1.33. The Bertz CT molecular complexity index is 411. The molecule has 2 aliphatic rings. The van der Waals surface area contributed by atoms with Crippen LogP contribution in [0.3, 0.4) is 0 Å². The molecule has 0 spiro atoms. The van der Waals surface area contributed by atoms with E-state index in [-0.39, 0.29) is 12.1 Å². The number of rotatable bonds is 4. The Kier molecular flexibility index (Phi) is 6.15. The minimum absolute atomic E-state index is 0.0341. The van der Waals surface area contributed by atoms with Crippen molar-refractivity contribution < 1.29 is 23.8 Å². The molecule has 0 N–H and O–H groups in total. The van der Waals surface area contributed by atoms with Crippen LogP contribution in [0.4, 0.5) is 0 Å². The summed E-state index contributed by atoms with van der Waals surface area (Å²) in [5.74, 6) is 1.21. The SMILES string of the molecule is CC(=O)O[C@@H]1CS[C@@H](C(=O)O[C@@H]2C[C@H](C)CC[C@H]2C(C)C)O1. The first-order chi connectivity index (χ1) is 10.4. The van der Waals surface area contributed by atoms with Crippen molar-refractivity contribution in [1.82, 2.24) is 0 Å². The summed E-state index contributed by atoms with van der Waals surface area (Å²) in [7, 11) is 0. The zero-order valence-electron chi connectivity index (χ0n) is 13.7. The number of esters is 2. The van der Waals surface area contributed by atoms with E-state index in [1.54, 1.807) is 0 Å². The van der Waals surface area contributed by atoms with Crippen LogP contribution in [0, 0.1) is 17.8 Å². The number of ether oxygens (including phenoxy) is 3. The molecule has 0 unspecified atom stereocenters. The highest BCUT2D eigenvalue weighted by Gasteiger charge is 2.39. The maximum atomic E-state index is 12.3. The highest BCUT2D eigenvalue weighted by atomic mass is 32.2. The lowest BCUT2D eigenvalue weighted by molar-refractivity contribution is -0.185. The summed E-state index contributed by atoms with van der Waals surface area (Å²) in [6.07, 6.45) is 2.53. The lowest BCUT2D eigenvalue weighted by Crippen LogP contribution is -2.38. The number of carbonyl (C=O) groups excluding carboxylic acids is 2. The zero-order chi connectivity index (χ0) is 16.3. The topological polar surface area (TPSA) is 61.8 Å². The average Bonchev–Trinajstić information content (AvgIpc) is 2.86. The van der Waals surface area contributed by atoms with Crippen LogP contribution in [0.2, 0.25) is 0 Å². The third-order valence-corrected chi connectivity index (χ3v) is 5.45. The van der Waals surface area contributed by atoms with Crippen LogP contribution in [0.1, 0.15) is 47.0 Å². The largest absolute Gasteiger partial charge is 0.459 e. The van der Waals surface area contributed by atoms with Crippen LogP contribution < -0.4 is 0 Å². The molecule has 0 aromatic rings. The second-order valence-corrected chi connectivity index (χ2v) is 7.74. The van der Waals surface area contributed by atoms with Gasteiger partial charge in [0.15, 0.2) is 0 Å². The smallest absolute Gasteiger partial charge is 0.346 e. The summed E-state index contributed by atoms with van der Waals surface area (Å²) in [5.41, 5.74) is -0.686. The minimum atomic E-state index is -0.686. The lowest BCUT2D eigenvalue weighted by Gasteiger charge is -2.37. The molecule has 0 amide bonds. The van der Waals surface area contributed by atoms with Gasteiger partial charge in [0.1, 0.15) is 6.10 Å². The van der Waals surface area contributed by atoms with E-state index in [1.807, 2.05) is 0 Å². The zero-order valence-corrected chi connectivity index (χ0v) is 14.6. The van der Waals surface area contributed by atoms with Gasteiger partial charge in [-0.2, -0.15) is 0 Å². The standard InChI is InChI=1S/C16H26O5S/c1-9(2)12-6-5-10(3)7-13(12)20-15(18)16-21-14(8-22-16)19-11(4)17/h9-10,12-14,16H,5-8H2,1-4H3/t10-,12+,13-,14+,16+/m1/s1. The van der Waals surface area contributed by atoms with Crippen molar-refractivity contribution in [1.29, 1.82) is 0 Å². The maximum absolute atomic E-state index is 12.3. The second kappa shape index (κ2) is 7.68. The van der Waals surface area contributed by atoms with Crippen LogP contribution in [-0.4, -0.2) is 35.5 Å². The molecule has 0 aromatic heterocycles. The Morgan fingerprint density at radius 1 is 1.23 bits per heavy atom. The minimum Gasteiger partial charge on any atom is -0.459 e. The van der Waals surface area contributed by atoms with Crippen LogP contribution in [-0.2, 0) is 23.8 Å². The van der Waals surface area contributed by atoms with Crippen molar-refractivity contribution in [2.24, 2.45) is 17.8 Å². The van der Waals surface area contributed by atoms with Gasteiger partial charge in [0, 0.05) is 6.92 Å². The van der Waals surface area contributed by atoms with Crippen molar-refractivity contribution in [3.05, 3.63) is 0 Å². The molecule has 2 rings (SSSR count). The van der Waals surface area contributed by atoms with Gasteiger partial charge in [0.25, 0.3) is 0 Å². The Balaban J connectivity index is 1.88. The number of hydrogen-bond acceptors (Lipinski definition) is 6. The first-order valence-electron chi connectivity index (χ1n) is 8.01. The molecular weight excluding hydrogens is 304 g/mol. The van der Waals surface area contributed by atoms with Gasteiger partial charge in [0.2, 0.25) is 11.7 Å². The van der Waals surface area contributed by atoms with Crippen molar-refractivity contribution >= 4 is 23.7 Å². The van der Waals surface area contributed by atoms with E-state index in [4.69, 9.17) is 14.2 Å². The molecule has 6 heteroatoms. The van der Waals surface area contributed by atoms with E-state index in [2.05, 4.69) is 20.8 Å². The molecule has 0 aromatic carbocycles. The summed E-state index contributed by atoms with van der Waals surface area (Å²) < 4.78 is 16.2. The van der Waals surface area contributed by atoms with Gasteiger partial charge in [-0.05, 0) is 30.6 Å². The van der Waals surface area contributed by atoms with Crippen molar-refractivity contribution in [3.8, 4) is 0 Å². The number of carbonyl (C=O) groups is 2. The van der Waals surface area contributed by atoms with E-state index in [0.29, 0.717) is 23.5 Å². The Morgan fingerprint density at radius 2 is 1.95 bits per heavy atom. The predicted octanol–water partition coefficient (Wildman–Crippen LogP) is 2.97. The molecule has 2 fully saturated rings. The lowest BCUT2D eigenvalue weighted by atomic mass is 9.75.